The van der Waals surface area contributed by atoms with Crippen LogP contribution < -0.4 is 0 Å². The van der Waals surface area contributed by atoms with Crippen molar-refractivity contribution in [3.05, 3.63) is 12.2 Å². The zero-order valence-electron chi connectivity index (χ0n) is 9.43. The van der Waals surface area contributed by atoms with Gasteiger partial charge in [-0.2, -0.15) is 0 Å². The Balaban J connectivity index is 0. The molecule has 0 aliphatic carbocycles. The highest BCUT2D eigenvalue weighted by atomic mass is 16.4. The van der Waals surface area contributed by atoms with Gasteiger partial charge < -0.3 is 15.1 Å². The van der Waals surface area contributed by atoms with Crippen LogP contribution in [-0.4, -0.2) is 46.7 Å². The predicted molar refractivity (Wildman–Crippen MR) is 57.9 cm³/mol. The van der Waals surface area contributed by atoms with Crippen molar-refractivity contribution >= 4 is 11.9 Å². The first-order chi connectivity index (χ1) is 6.97. The smallest absolute Gasteiger partial charge is 0.328 e. The summed E-state index contributed by atoms with van der Waals surface area (Å²) in [6, 6.07) is 0. The Hall–Kier alpha value is -1.36. The molecule has 0 saturated carbocycles. The number of carbonyl (C=O) groups is 2. The molecule has 5 heteroatoms. The predicted octanol–water partition coefficient (Wildman–Crippen LogP) is 1.06. The highest BCUT2D eigenvalue weighted by Gasteiger charge is 1.89. The van der Waals surface area contributed by atoms with Gasteiger partial charge in [-0.25, -0.2) is 9.59 Å². The summed E-state index contributed by atoms with van der Waals surface area (Å²) >= 11 is 0. The Labute approximate surface area is 90.0 Å². The lowest BCUT2D eigenvalue weighted by Gasteiger charge is -2.13. The van der Waals surface area contributed by atoms with E-state index in [1.807, 2.05) is 0 Å². The van der Waals surface area contributed by atoms with Crippen LogP contribution in [0.15, 0.2) is 12.2 Å². The van der Waals surface area contributed by atoms with Gasteiger partial charge in [-0.05, 0) is 19.6 Å². The highest BCUT2D eigenvalue weighted by molar-refractivity contribution is 5.89. The van der Waals surface area contributed by atoms with Crippen molar-refractivity contribution in [2.24, 2.45) is 0 Å². The summed E-state index contributed by atoms with van der Waals surface area (Å²) in [7, 11) is 0. The number of rotatable bonds is 5. The van der Waals surface area contributed by atoms with Crippen molar-refractivity contribution in [2.75, 3.05) is 19.6 Å². The summed E-state index contributed by atoms with van der Waals surface area (Å²) in [6.07, 6.45) is 1.12. The first kappa shape index (κ1) is 16.1. The number of hydrogen-bond acceptors (Lipinski definition) is 3. The molecule has 0 atom stereocenters. The van der Waals surface area contributed by atoms with E-state index in [0.29, 0.717) is 12.2 Å². The van der Waals surface area contributed by atoms with E-state index in [9.17, 15) is 9.59 Å². The van der Waals surface area contributed by atoms with Crippen molar-refractivity contribution in [2.45, 2.75) is 20.8 Å². The molecule has 0 aromatic rings. The third-order valence-corrected chi connectivity index (χ3v) is 1.71. The molecule has 0 aromatic heterocycles. The molecule has 0 spiro atoms. The van der Waals surface area contributed by atoms with E-state index in [0.717, 1.165) is 0 Å². The van der Waals surface area contributed by atoms with E-state index in [2.05, 4.69) is 25.7 Å². The normalized spacial score (nSPS) is 9.87. The Morgan fingerprint density at radius 1 is 0.933 bits per heavy atom. The molecule has 2 N–H and O–H groups in total. The molecule has 0 aromatic carbocycles. The summed E-state index contributed by atoms with van der Waals surface area (Å²) in [4.78, 5) is 21.5. The van der Waals surface area contributed by atoms with Crippen LogP contribution in [-0.2, 0) is 9.59 Å². The molecule has 0 saturated heterocycles. The second-order valence-electron chi connectivity index (χ2n) is 2.63. The lowest BCUT2D eigenvalue weighted by Crippen LogP contribution is -2.21. The molecule has 0 unspecified atom stereocenters. The van der Waals surface area contributed by atoms with Gasteiger partial charge in [0.25, 0.3) is 0 Å². The Bertz CT molecular complexity index is 188. The van der Waals surface area contributed by atoms with Crippen LogP contribution in [0.2, 0.25) is 0 Å². The van der Waals surface area contributed by atoms with Crippen molar-refractivity contribution in [3.8, 4) is 0 Å². The Morgan fingerprint density at radius 3 is 1.27 bits per heavy atom. The molecule has 0 aliphatic rings. The maximum Gasteiger partial charge on any atom is 0.328 e. The van der Waals surface area contributed by atoms with Gasteiger partial charge in [0.05, 0.1) is 0 Å². The van der Waals surface area contributed by atoms with Crippen LogP contribution in [0.1, 0.15) is 20.8 Å². The molecule has 5 nitrogen and oxygen atoms in total. The van der Waals surface area contributed by atoms with Crippen LogP contribution in [0, 0.1) is 0 Å². The summed E-state index contributed by atoms with van der Waals surface area (Å²) in [5.41, 5.74) is 0. The lowest BCUT2D eigenvalue weighted by molar-refractivity contribution is -0.134. The van der Waals surface area contributed by atoms with E-state index in [1.165, 1.54) is 19.6 Å². The van der Waals surface area contributed by atoms with E-state index >= 15 is 0 Å². The molecule has 15 heavy (non-hydrogen) atoms. The lowest BCUT2D eigenvalue weighted by atomic mass is 10.5. The fraction of sp³-hybridized carbons (Fsp3) is 0.600. The number of aliphatic carboxylic acids is 2. The average Bonchev–Trinajstić information content (AvgIpc) is 2.18. The second kappa shape index (κ2) is 10.7. The van der Waals surface area contributed by atoms with Crippen LogP contribution in [0.25, 0.3) is 0 Å². The number of nitrogens with zero attached hydrogens (tertiary/aromatic N) is 1. The van der Waals surface area contributed by atoms with Gasteiger partial charge in [-0.1, -0.05) is 20.8 Å². The average molecular weight is 217 g/mol. The third-order valence-electron chi connectivity index (χ3n) is 1.71. The molecule has 0 fully saturated rings. The van der Waals surface area contributed by atoms with Crippen LogP contribution in [0.3, 0.4) is 0 Å². The molecule has 0 bridgehead atoms. The van der Waals surface area contributed by atoms with Crippen molar-refractivity contribution in [3.63, 3.8) is 0 Å². The molecular formula is C10H19NO4. The zero-order chi connectivity index (χ0) is 12.3. The quantitative estimate of drug-likeness (QED) is 0.673. The van der Waals surface area contributed by atoms with Gasteiger partial charge in [0, 0.05) is 12.2 Å². The molecule has 0 heterocycles. The maximum atomic E-state index is 9.55. The number of carboxylic acids is 2. The number of carboxylic acid groups (broad SMARTS) is 2. The standard InChI is InChI=1S/C6H15N.C4H4O4/c1-4-7(5-2)6-3;5-3(6)1-2-4(7)8/h4-6H2,1-3H3;1-2H,(H,5,6)(H,7,8)/b;2-1-. The maximum absolute atomic E-state index is 9.55. The monoisotopic (exact) mass is 217 g/mol. The van der Waals surface area contributed by atoms with Gasteiger partial charge >= 0.3 is 11.9 Å². The summed E-state index contributed by atoms with van der Waals surface area (Å²) in [6.45, 7) is 10.1. The molecular weight excluding hydrogens is 198 g/mol. The minimum Gasteiger partial charge on any atom is -0.478 e. The summed E-state index contributed by atoms with van der Waals surface area (Å²) < 4.78 is 0. The second-order valence-corrected chi connectivity index (χ2v) is 2.63. The molecule has 0 amide bonds. The van der Waals surface area contributed by atoms with Crippen LogP contribution in [0.5, 0.6) is 0 Å². The molecule has 0 radical (unpaired) electrons. The van der Waals surface area contributed by atoms with Gasteiger partial charge in [0.1, 0.15) is 0 Å². The van der Waals surface area contributed by atoms with Crippen LogP contribution in [0.4, 0.5) is 0 Å². The van der Waals surface area contributed by atoms with Gasteiger partial charge in [0.15, 0.2) is 0 Å². The van der Waals surface area contributed by atoms with Crippen molar-refractivity contribution < 1.29 is 19.8 Å². The largest absolute Gasteiger partial charge is 0.478 e. The number of hydrogen-bond donors (Lipinski definition) is 2. The van der Waals surface area contributed by atoms with E-state index in [4.69, 9.17) is 10.2 Å². The minimum absolute atomic E-state index is 0.558. The minimum atomic E-state index is -1.26. The van der Waals surface area contributed by atoms with Gasteiger partial charge in [-0.15, -0.1) is 0 Å². The first-order valence-electron chi connectivity index (χ1n) is 4.84. The Kier molecular flexibility index (Phi) is 11.5. The van der Waals surface area contributed by atoms with E-state index in [-0.39, 0.29) is 0 Å². The molecule has 0 aliphatic heterocycles. The van der Waals surface area contributed by atoms with Gasteiger partial charge in [-0.3, -0.25) is 0 Å². The van der Waals surface area contributed by atoms with Gasteiger partial charge in [0.2, 0.25) is 0 Å². The fourth-order valence-corrected chi connectivity index (χ4v) is 0.813. The zero-order valence-corrected chi connectivity index (χ0v) is 9.43. The topological polar surface area (TPSA) is 77.8 Å². The van der Waals surface area contributed by atoms with E-state index < -0.39 is 11.9 Å². The summed E-state index contributed by atoms with van der Waals surface area (Å²) in [5.74, 6) is -2.51. The van der Waals surface area contributed by atoms with Crippen molar-refractivity contribution in [1.82, 2.24) is 4.90 Å². The summed E-state index contributed by atoms with van der Waals surface area (Å²) in [5, 5.41) is 15.6. The third kappa shape index (κ3) is 15.4. The van der Waals surface area contributed by atoms with Crippen LogP contribution >= 0.6 is 0 Å². The highest BCUT2D eigenvalue weighted by Crippen LogP contribution is 1.81. The first-order valence-corrected chi connectivity index (χ1v) is 4.84. The van der Waals surface area contributed by atoms with E-state index in [1.54, 1.807) is 0 Å². The Morgan fingerprint density at radius 2 is 1.20 bits per heavy atom. The SMILES string of the molecule is CCN(CC)CC.O=C(O)/C=C\C(=O)O. The van der Waals surface area contributed by atoms with Crippen molar-refractivity contribution in [1.29, 1.82) is 0 Å². The molecule has 88 valence electrons. The fourth-order valence-electron chi connectivity index (χ4n) is 0.813. The molecule has 0 rings (SSSR count).